The van der Waals surface area contributed by atoms with Crippen LogP contribution in [0, 0.1) is 12.7 Å². The van der Waals surface area contributed by atoms with Gasteiger partial charge in [0, 0.05) is 16.6 Å². The third-order valence-electron chi connectivity index (χ3n) is 2.98. The highest BCUT2D eigenvalue weighted by Crippen LogP contribution is 2.28. The summed E-state index contributed by atoms with van der Waals surface area (Å²) in [6, 6.07) is 8.78. The molecule has 0 heterocycles. The molecule has 2 aromatic rings. The first-order chi connectivity index (χ1) is 9.85. The summed E-state index contributed by atoms with van der Waals surface area (Å²) in [4.78, 5) is -0.0299. The molecule has 0 bridgehead atoms. The predicted molar refractivity (Wildman–Crippen MR) is 84.0 cm³/mol. The molecule has 0 fully saturated rings. The topological polar surface area (TPSA) is 72.2 Å². The Morgan fingerprint density at radius 1 is 1.29 bits per heavy atom. The van der Waals surface area contributed by atoms with Gasteiger partial charge in [-0.05, 0) is 52.7 Å². The van der Waals surface area contributed by atoms with E-state index >= 15 is 0 Å². The van der Waals surface area contributed by atoms with Crippen LogP contribution in [0.3, 0.4) is 0 Å². The minimum atomic E-state index is -3.80. The maximum atomic E-state index is 13.4. The number of sulfonamides is 1. The molecule has 0 spiro atoms. The highest BCUT2D eigenvalue weighted by molar-refractivity contribution is 9.10. The average molecular weight is 373 g/mol. The summed E-state index contributed by atoms with van der Waals surface area (Å²) in [6.45, 7) is 1.79. The van der Waals surface area contributed by atoms with Gasteiger partial charge in [-0.1, -0.05) is 12.1 Å². The molecule has 0 aliphatic heterocycles. The van der Waals surface area contributed by atoms with Gasteiger partial charge in [-0.3, -0.25) is 4.72 Å². The number of anilines is 1. The zero-order valence-corrected chi connectivity index (χ0v) is 13.6. The van der Waals surface area contributed by atoms with Gasteiger partial charge in [0.1, 0.15) is 5.82 Å². The highest BCUT2D eigenvalue weighted by atomic mass is 79.9. The number of hydrogen-bond acceptors (Lipinski definition) is 3. The zero-order chi connectivity index (χ0) is 15.6. The number of nitrogens with two attached hydrogens (primary N) is 1. The number of benzene rings is 2. The van der Waals surface area contributed by atoms with Crippen LogP contribution in [0.5, 0.6) is 0 Å². The van der Waals surface area contributed by atoms with Crippen molar-refractivity contribution < 1.29 is 12.8 Å². The molecule has 0 atom stereocenters. The fourth-order valence-corrected chi connectivity index (χ4v) is 3.42. The molecule has 4 nitrogen and oxygen atoms in total. The summed E-state index contributed by atoms with van der Waals surface area (Å²) in [7, 11) is -3.80. The molecule has 0 saturated heterocycles. The van der Waals surface area contributed by atoms with E-state index in [1.54, 1.807) is 12.1 Å². The van der Waals surface area contributed by atoms with Gasteiger partial charge in [-0.25, -0.2) is 12.8 Å². The molecular formula is C14H14BrFN2O2S. The van der Waals surface area contributed by atoms with Crippen LogP contribution < -0.4 is 10.5 Å². The fraction of sp³-hybridized carbons (Fsp3) is 0.143. The molecule has 0 unspecified atom stereocenters. The number of aryl methyl sites for hydroxylation is 1. The SMILES string of the molecule is Cc1cccc(NS(=O)(=O)c2ccc(F)c(CN)c2)c1Br. The number of rotatable bonds is 4. The molecule has 0 aliphatic carbocycles. The predicted octanol–water partition coefficient (Wildman–Crippen LogP) is 3.16. The van der Waals surface area contributed by atoms with Crippen LogP contribution in [0.1, 0.15) is 11.1 Å². The van der Waals surface area contributed by atoms with Crippen molar-refractivity contribution in [2.75, 3.05) is 4.72 Å². The van der Waals surface area contributed by atoms with Gasteiger partial charge in [0.2, 0.25) is 0 Å². The first kappa shape index (κ1) is 15.9. The van der Waals surface area contributed by atoms with Crippen molar-refractivity contribution in [3.05, 3.63) is 57.8 Å². The fourth-order valence-electron chi connectivity index (χ4n) is 1.80. The summed E-state index contributed by atoms with van der Waals surface area (Å²) in [5.41, 5.74) is 6.88. The second-order valence-electron chi connectivity index (χ2n) is 4.50. The quantitative estimate of drug-likeness (QED) is 0.865. The van der Waals surface area contributed by atoms with Gasteiger partial charge in [0.05, 0.1) is 10.6 Å². The molecule has 0 aliphatic rings. The maximum Gasteiger partial charge on any atom is 0.261 e. The minimum Gasteiger partial charge on any atom is -0.326 e. The van der Waals surface area contributed by atoms with Gasteiger partial charge >= 0.3 is 0 Å². The molecule has 0 saturated carbocycles. The zero-order valence-electron chi connectivity index (χ0n) is 11.2. The Balaban J connectivity index is 2.41. The van der Waals surface area contributed by atoms with E-state index in [4.69, 9.17) is 5.73 Å². The summed E-state index contributed by atoms with van der Waals surface area (Å²) >= 11 is 3.34. The Kier molecular flexibility index (Phi) is 4.65. The maximum absolute atomic E-state index is 13.4. The Morgan fingerprint density at radius 3 is 2.67 bits per heavy atom. The van der Waals surface area contributed by atoms with Crippen molar-refractivity contribution >= 4 is 31.6 Å². The van der Waals surface area contributed by atoms with Crippen molar-refractivity contribution in [1.82, 2.24) is 0 Å². The molecular weight excluding hydrogens is 359 g/mol. The van der Waals surface area contributed by atoms with E-state index in [0.717, 1.165) is 11.6 Å². The second kappa shape index (κ2) is 6.13. The normalized spacial score (nSPS) is 11.4. The van der Waals surface area contributed by atoms with E-state index in [1.165, 1.54) is 12.1 Å². The summed E-state index contributed by atoms with van der Waals surface area (Å²) in [5, 5.41) is 0. The Hall–Kier alpha value is -1.44. The van der Waals surface area contributed by atoms with Crippen molar-refractivity contribution in [3.8, 4) is 0 Å². The minimum absolute atomic E-state index is 0.0299. The Labute approximate surface area is 131 Å². The summed E-state index contributed by atoms with van der Waals surface area (Å²) < 4.78 is 41.2. The van der Waals surface area contributed by atoms with Gasteiger partial charge < -0.3 is 5.73 Å². The first-order valence-electron chi connectivity index (χ1n) is 6.11. The van der Waals surface area contributed by atoms with E-state index in [-0.39, 0.29) is 17.0 Å². The lowest BCUT2D eigenvalue weighted by Gasteiger charge is -2.12. The van der Waals surface area contributed by atoms with Crippen LogP contribution in [0.25, 0.3) is 0 Å². The molecule has 7 heteroatoms. The van der Waals surface area contributed by atoms with E-state index in [2.05, 4.69) is 20.7 Å². The standard InChI is InChI=1S/C14H14BrFN2O2S/c1-9-3-2-4-13(14(9)15)18-21(19,20)11-5-6-12(16)10(7-11)8-17/h2-7,18H,8,17H2,1H3. The van der Waals surface area contributed by atoms with Crippen LogP contribution in [0.2, 0.25) is 0 Å². The molecule has 3 N–H and O–H groups in total. The number of nitrogens with one attached hydrogen (secondary N) is 1. The second-order valence-corrected chi connectivity index (χ2v) is 6.97. The molecule has 2 aromatic carbocycles. The largest absolute Gasteiger partial charge is 0.326 e. The molecule has 2 rings (SSSR count). The van der Waals surface area contributed by atoms with Gasteiger partial charge in [0.15, 0.2) is 0 Å². The average Bonchev–Trinajstić information content (AvgIpc) is 2.44. The number of hydrogen-bond donors (Lipinski definition) is 2. The van der Waals surface area contributed by atoms with Crippen LogP contribution in [0.15, 0.2) is 45.8 Å². The smallest absolute Gasteiger partial charge is 0.261 e. The van der Waals surface area contributed by atoms with Crippen LogP contribution >= 0.6 is 15.9 Å². The molecule has 21 heavy (non-hydrogen) atoms. The molecule has 0 aromatic heterocycles. The summed E-state index contributed by atoms with van der Waals surface area (Å²) in [5.74, 6) is -0.520. The molecule has 0 amide bonds. The first-order valence-corrected chi connectivity index (χ1v) is 8.39. The van der Waals surface area contributed by atoms with Crippen LogP contribution in [0.4, 0.5) is 10.1 Å². The van der Waals surface area contributed by atoms with Gasteiger partial charge in [-0.15, -0.1) is 0 Å². The molecule has 0 radical (unpaired) electrons. The van der Waals surface area contributed by atoms with Crippen LogP contribution in [-0.2, 0) is 16.6 Å². The third kappa shape index (κ3) is 3.42. The third-order valence-corrected chi connectivity index (χ3v) is 5.40. The van der Waals surface area contributed by atoms with Crippen molar-refractivity contribution in [1.29, 1.82) is 0 Å². The Bertz CT molecular complexity index is 779. The van der Waals surface area contributed by atoms with Crippen molar-refractivity contribution in [2.24, 2.45) is 5.73 Å². The van der Waals surface area contributed by atoms with E-state index in [1.807, 2.05) is 13.0 Å². The van der Waals surface area contributed by atoms with E-state index < -0.39 is 15.8 Å². The van der Waals surface area contributed by atoms with E-state index in [9.17, 15) is 12.8 Å². The van der Waals surface area contributed by atoms with Gasteiger partial charge in [-0.2, -0.15) is 0 Å². The number of halogens is 2. The van der Waals surface area contributed by atoms with Crippen LogP contribution in [-0.4, -0.2) is 8.42 Å². The lowest BCUT2D eigenvalue weighted by atomic mass is 10.2. The Morgan fingerprint density at radius 2 is 2.00 bits per heavy atom. The van der Waals surface area contributed by atoms with E-state index in [0.29, 0.717) is 10.2 Å². The highest BCUT2D eigenvalue weighted by Gasteiger charge is 2.17. The van der Waals surface area contributed by atoms with Crippen molar-refractivity contribution in [2.45, 2.75) is 18.4 Å². The lowest BCUT2D eigenvalue weighted by molar-refractivity contribution is 0.596. The summed E-state index contributed by atoms with van der Waals surface area (Å²) in [6.07, 6.45) is 0. The molecule has 112 valence electrons. The lowest BCUT2D eigenvalue weighted by Crippen LogP contribution is -2.14. The van der Waals surface area contributed by atoms with Crippen molar-refractivity contribution in [3.63, 3.8) is 0 Å². The van der Waals surface area contributed by atoms with Gasteiger partial charge in [0.25, 0.3) is 10.0 Å². The monoisotopic (exact) mass is 372 g/mol.